The normalized spacial score (nSPS) is 11.6. The van der Waals surface area contributed by atoms with Crippen molar-refractivity contribution in [2.45, 2.75) is 96.8 Å². The predicted molar refractivity (Wildman–Crippen MR) is 119 cm³/mol. The number of aromatic nitrogens is 1. The molecule has 1 aromatic carbocycles. The van der Waals surface area contributed by atoms with Gasteiger partial charge in [-0.15, -0.1) is 0 Å². The van der Waals surface area contributed by atoms with Crippen molar-refractivity contribution in [2.75, 3.05) is 0 Å². The van der Waals surface area contributed by atoms with Crippen LogP contribution >= 0.6 is 0 Å². The Balaban J connectivity index is 1.47. The lowest BCUT2D eigenvalue weighted by Crippen LogP contribution is -1.87. The molecule has 0 aliphatic carbocycles. The topological polar surface area (TPSA) is 69.2 Å². The van der Waals surface area contributed by atoms with E-state index in [1.807, 2.05) is 0 Å². The summed E-state index contributed by atoms with van der Waals surface area (Å²) in [6.45, 7) is 2.26. The SMILES string of the molecule is CCCCCCCC/C=C\CCCCCCCc1nc2cc([N+](=O)[O-])ccc2o1. The zero-order chi connectivity index (χ0) is 20.7. The molecule has 2 rings (SSSR count). The van der Waals surface area contributed by atoms with Gasteiger partial charge in [0.1, 0.15) is 5.52 Å². The first kappa shape index (κ1) is 23.1. The number of hydrogen-bond donors (Lipinski definition) is 0. The summed E-state index contributed by atoms with van der Waals surface area (Å²) >= 11 is 0. The molecule has 0 atom stereocenters. The Morgan fingerprint density at radius 2 is 1.55 bits per heavy atom. The zero-order valence-electron chi connectivity index (χ0n) is 17.9. The van der Waals surface area contributed by atoms with Crippen LogP contribution in [-0.4, -0.2) is 9.91 Å². The number of oxazole rings is 1. The monoisotopic (exact) mass is 400 g/mol. The lowest BCUT2D eigenvalue weighted by Gasteiger charge is -1.99. The molecule has 0 bridgehead atoms. The maximum absolute atomic E-state index is 10.8. The molecule has 0 spiro atoms. The van der Waals surface area contributed by atoms with Gasteiger partial charge in [0.25, 0.3) is 5.69 Å². The van der Waals surface area contributed by atoms with Crippen LogP contribution in [0.15, 0.2) is 34.8 Å². The highest BCUT2D eigenvalue weighted by Crippen LogP contribution is 2.22. The van der Waals surface area contributed by atoms with E-state index in [2.05, 4.69) is 24.1 Å². The second-order valence-corrected chi connectivity index (χ2v) is 7.85. The number of rotatable bonds is 16. The Kier molecular flexibility index (Phi) is 11.1. The average molecular weight is 401 g/mol. The number of nitrogens with zero attached hydrogens (tertiary/aromatic N) is 2. The molecule has 0 amide bonds. The highest BCUT2D eigenvalue weighted by molar-refractivity contribution is 5.75. The summed E-state index contributed by atoms with van der Waals surface area (Å²) in [6, 6.07) is 4.56. The molecular formula is C24H36N2O3. The van der Waals surface area contributed by atoms with Gasteiger partial charge in [-0.3, -0.25) is 10.1 Å². The molecule has 29 heavy (non-hydrogen) atoms. The number of nitro groups is 1. The molecule has 0 saturated heterocycles. The quantitative estimate of drug-likeness (QED) is 0.124. The van der Waals surface area contributed by atoms with E-state index in [0.717, 1.165) is 12.8 Å². The molecule has 1 heterocycles. The lowest BCUT2D eigenvalue weighted by atomic mass is 10.1. The van der Waals surface area contributed by atoms with Crippen LogP contribution in [0.1, 0.15) is 96.3 Å². The Bertz CT molecular complexity index is 752. The summed E-state index contributed by atoms with van der Waals surface area (Å²) in [4.78, 5) is 14.8. The summed E-state index contributed by atoms with van der Waals surface area (Å²) < 4.78 is 5.68. The van der Waals surface area contributed by atoms with Crippen molar-refractivity contribution in [1.82, 2.24) is 4.98 Å². The van der Waals surface area contributed by atoms with Crippen LogP contribution in [0.4, 0.5) is 5.69 Å². The van der Waals surface area contributed by atoms with Gasteiger partial charge >= 0.3 is 0 Å². The summed E-state index contributed by atoms with van der Waals surface area (Å²) in [6.07, 6.45) is 22.1. The van der Waals surface area contributed by atoms with E-state index in [4.69, 9.17) is 4.42 Å². The third-order valence-electron chi connectivity index (χ3n) is 5.28. The fraction of sp³-hybridized carbons (Fsp3) is 0.625. The van der Waals surface area contributed by atoms with E-state index in [1.54, 1.807) is 6.07 Å². The minimum absolute atomic E-state index is 0.0540. The van der Waals surface area contributed by atoms with Crippen molar-refractivity contribution in [3.05, 3.63) is 46.4 Å². The third kappa shape index (κ3) is 9.25. The van der Waals surface area contributed by atoms with Crippen molar-refractivity contribution < 1.29 is 9.34 Å². The molecule has 1 aromatic heterocycles. The van der Waals surface area contributed by atoms with Crippen molar-refractivity contribution in [2.24, 2.45) is 0 Å². The van der Waals surface area contributed by atoms with Gasteiger partial charge in [-0.25, -0.2) is 4.98 Å². The number of aryl methyl sites for hydroxylation is 1. The molecule has 0 fully saturated rings. The number of benzene rings is 1. The number of fused-ring (bicyclic) bond motifs is 1. The van der Waals surface area contributed by atoms with Gasteiger partial charge in [0.05, 0.1) is 4.92 Å². The maximum Gasteiger partial charge on any atom is 0.271 e. The van der Waals surface area contributed by atoms with Crippen LogP contribution in [0, 0.1) is 10.1 Å². The molecule has 0 aliphatic heterocycles. The molecule has 5 heteroatoms. The minimum atomic E-state index is -0.405. The minimum Gasteiger partial charge on any atom is -0.441 e. The number of hydrogen-bond acceptors (Lipinski definition) is 4. The van der Waals surface area contributed by atoms with Gasteiger partial charge in [-0.05, 0) is 38.2 Å². The largest absolute Gasteiger partial charge is 0.441 e. The van der Waals surface area contributed by atoms with Crippen LogP contribution < -0.4 is 0 Å². The van der Waals surface area contributed by atoms with Crippen LogP contribution in [-0.2, 0) is 6.42 Å². The van der Waals surface area contributed by atoms with Crippen molar-refractivity contribution in [3.63, 3.8) is 0 Å². The molecule has 0 saturated carbocycles. The number of unbranched alkanes of at least 4 members (excludes halogenated alkanes) is 11. The molecular weight excluding hydrogens is 364 g/mol. The van der Waals surface area contributed by atoms with Crippen molar-refractivity contribution in [1.29, 1.82) is 0 Å². The predicted octanol–water partition coefficient (Wildman–Crippen LogP) is 7.93. The Morgan fingerprint density at radius 3 is 2.21 bits per heavy atom. The van der Waals surface area contributed by atoms with E-state index in [9.17, 15) is 10.1 Å². The molecule has 0 unspecified atom stereocenters. The van der Waals surface area contributed by atoms with E-state index >= 15 is 0 Å². The van der Waals surface area contributed by atoms with E-state index < -0.39 is 4.92 Å². The first-order valence-electron chi connectivity index (χ1n) is 11.4. The van der Waals surface area contributed by atoms with Crippen LogP contribution in [0.5, 0.6) is 0 Å². The van der Waals surface area contributed by atoms with Gasteiger partial charge in [0.2, 0.25) is 0 Å². The van der Waals surface area contributed by atoms with Crippen LogP contribution in [0.3, 0.4) is 0 Å². The third-order valence-corrected chi connectivity index (χ3v) is 5.28. The lowest BCUT2D eigenvalue weighted by molar-refractivity contribution is -0.384. The standard InChI is InChI=1S/C24H36N2O3/c1-2-3-4-5-6-7-8-9-10-11-12-13-14-15-16-17-24-25-22-20-21(26(27)28)18-19-23(22)29-24/h9-10,18-20H,2-8,11-17H2,1H3/b10-9-. The molecule has 0 radical (unpaired) electrons. The number of non-ortho nitro benzene ring substituents is 1. The average Bonchev–Trinajstić information content (AvgIpc) is 3.12. The molecule has 5 nitrogen and oxygen atoms in total. The summed E-state index contributed by atoms with van der Waals surface area (Å²) in [5, 5.41) is 10.8. The Hall–Kier alpha value is -2.17. The van der Waals surface area contributed by atoms with Gasteiger partial charge in [-0.1, -0.05) is 70.4 Å². The Labute approximate surface area is 174 Å². The molecule has 2 aromatic rings. The highest BCUT2D eigenvalue weighted by Gasteiger charge is 2.11. The summed E-state index contributed by atoms with van der Waals surface area (Å²) in [7, 11) is 0. The Morgan fingerprint density at radius 1 is 0.931 bits per heavy atom. The van der Waals surface area contributed by atoms with Crippen molar-refractivity contribution in [3.8, 4) is 0 Å². The maximum atomic E-state index is 10.8. The van der Waals surface area contributed by atoms with E-state index in [0.29, 0.717) is 17.0 Å². The second-order valence-electron chi connectivity index (χ2n) is 7.85. The van der Waals surface area contributed by atoms with Crippen LogP contribution in [0.25, 0.3) is 11.1 Å². The summed E-state index contributed by atoms with van der Waals surface area (Å²) in [5.41, 5.74) is 1.25. The zero-order valence-corrected chi connectivity index (χ0v) is 17.9. The van der Waals surface area contributed by atoms with Crippen LogP contribution in [0.2, 0.25) is 0 Å². The highest BCUT2D eigenvalue weighted by atomic mass is 16.6. The molecule has 160 valence electrons. The first-order valence-corrected chi connectivity index (χ1v) is 11.4. The second kappa shape index (κ2) is 13.9. The van der Waals surface area contributed by atoms with Gasteiger partial charge in [-0.2, -0.15) is 0 Å². The molecule has 0 aliphatic rings. The molecule has 0 N–H and O–H groups in total. The number of nitro benzene ring substituents is 1. The van der Waals surface area contributed by atoms with Gasteiger partial charge < -0.3 is 4.42 Å². The summed E-state index contributed by atoms with van der Waals surface area (Å²) in [5.74, 6) is 0.679. The smallest absolute Gasteiger partial charge is 0.271 e. The fourth-order valence-corrected chi connectivity index (χ4v) is 3.53. The first-order chi connectivity index (χ1) is 14.2. The van der Waals surface area contributed by atoms with E-state index in [1.165, 1.54) is 89.2 Å². The van der Waals surface area contributed by atoms with Gasteiger partial charge in [0.15, 0.2) is 11.5 Å². The van der Waals surface area contributed by atoms with Crippen molar-refractivity contribution >= 4 is 16.8 Å². The number of allylic oxidation sites excluding steroid dienone is 2. The fourth-order valence-electron chi connectivity index (χ4n) is 3.53. The van der Waals surface area contributed by atoms with Gasteiger partial charge in [0, 0.05) is 18.6 Å². The van der Waals surface area contributed by atoms with E-state index in [-0.39, 0.29) is 5.69 Å².